The van der Waals surface area contributed by atoms with Gasteiger partial charge < -0.3 is 9.73 Å². The molecule has 0 saturated heterocycles. The van der Waals surface area contributed by atoms with Gasteiger partial charge in [0.15, 0.2) is 5.76 Å². The summed E-state index contributed by atoms with van der Waals surface area (Å²) in [5, 5.41) is 2.37. The molecular weight excluding hydrogens is 228 g/mol. The first-order valence-electron chi connectivity index (χ1n) is 4.93. The number of amides is 1. The second-order valence-electron chi connectivity index (χ2n) is 3.36. The fraction of sp³-hybridized carbons (Fsp3) is 0.0833. The molecule has 1 N–H and O–H groups in total. The van der Waals surface area contributed by atoms with Crippen LogP contribution >= 0.6 is 0 Å². The van der Waals surface area contributed by atoms with E-state index in [1.165, 1.54) is 18.4 Å². The summed E-state index contributed by atoms with van der Waals surface area (Å²) in [7, 11) is 0. The topological polar surface area (TPSA) is 42.2 Å². The van der Waals surface area contributed by atoms with Gasteiger partial charge in [0.2, 0.25) is 0 Å². The first-order valence-corrected chi connectivity index (χ1v) is 4.93. The molecule has 3 nitrogen and oxygen atoms in total. The van der Waals surface area contributed by atoms with Gasteiger partial charge in [0.1, 0.15) is 11.6 Å². The minimum absolute atomic E-state index is 0.0988. The molecule has 0 unspecified atom stereocenters. The summed E-state index contributed by atoms with van der Waals surface area (Å²) in [6.45, 7) is -0.224. The third-order valence-electron chi connectivity index (χ3n) is 2.23. The quantitative estimate of drug-likeness (QED) is 0.891. The molecule has 17 heavy (non-hydrogen) atoms. The lowest BCUT2D eigenvalue weighted by Gasteiger charge is -2.05. The zero-order valence-electron chi connectivity index (χ0n) is 8.74. The van der Waals surface area contributed by atoms with Gasteiger partial charge in [-0.2, -0.15) is 0 Å². The maximum Gasteiger partial charge on any atom is 0.287 e. The van der Waals surface area contributed by atoms with E-state index in [1.54, 1.807) is 6.07 Å². The zero-order valence-corrected chi connectivity index (χ0v) is 8.74. The third kappa shape index (κ3) is 2.50. The summed E-state index contributed by atoms with van der Waals surface area (Å²) in [5.74, 6) is -1.80. The molecule has 1 amide bonds. The standard InChI is InChI=1S/C12H9F2NO2/c13-9-3-1-4-10(14)8(9)7-15-12(16)11-5-2-6-17-11/h1-6H,7H2,(H,15,16). The Labute approximate surface area is 96.1 Å². The Bertz CT molecular complexity index is 503. The van der Waals surface area contributed by atoms with Gasteiger partial charge in [-0.25, -0.2) is 8.78 Å². The second kappa shape index (κ2) is 4.78. The number of nitrogens with one attached hydrogen (secondary N) is 1. The molecule has 0 aliphatic rings. The van der Waals surface area contributed by atoms with Crippen LogP contribution in [0.15, 0.2) is 41.0 Å². The highest BCUT2D eigenvalue weighted by molar-refractivity contribution is 5.91. The second-order valence-corrected chi connectivity index (χ2v) is 3.36. The Morgan fingerprint density at radius 3 is 2.47 bits per heavy atom. The molecule has 0 spiro atoms. The fourth-order valence-corrected chi connectivity index (χ4v) is 1.36. The van der Waals surface area contributed by atoms with Crippen molar-refractivity contribution in [1.29, 1.82) is 0 Å². The predicted octanol–water partition coefficient (Wildman–Crippen LogP) is 2.49. The number of carbonyl (C=O) groups excluding carboxylic acids is 1. The smallest absolute Gasteiger partial charge is 0.287 e. The van der Waals surface area contributed by atoms with Crippen molar-refractivity contribution < 1.29 is 18.0 Å². The average Bonchev–Trinajstić information content (AvgIpc) is 2.81. The van der Waals surface area contributed by atoms with Gasteiger partial charge in [-0.3, -0.25) is 4.79 Å². The summed E-state index contributed by atoms with van der Waals surface area (Å²) in [5.41, 5.74) is -0.174. The van der Waals surface area contributed by atoms with E-state index in [2.05, 4.69) is 5.32 Å². The molecule has 1 aromatic carbocycles. The first-order chi connectivity index (χ1) is 8.18. The highest BCUT2D eigenvalue weighted by Crippen LogP contribution is 2.11. The SMILES string of the molecule is O=C(NCc1c(F)cccc1F)c1ccco1. The molecule has 0 radical (unpaired) electrons. The lowest BCUT2D eigenvalue weighted by atomic mass is 10.2. The van der Waals surface area contributed by atoms with Crippen molar-refractivity contribution in [1.82, 2.24) is 5.32 Å². The van der Waals surface area contributed by atoms with Crippen LogP contribution in [-0.2, 0) is 6.54 Å². The van der Waals surface area contributed by atoms with E-state index in [9.17, 15) is 13.6 Å². The van der Waals surface area contributed by atoms with Crippen molar-refractivity contribution in [2.24, 2.45) is 0 Å². The molecular formula is C12H9F2NO2. The van der Waals surface area contributed by atoms with Crippen LogP contribution in [-0.4, -0.2) is 5.91 Å². The van der Waals surface area contributed by atoms with Crippen molar-refractivity contribution in [3.8, 4) is 0 Å². The van der Waals surface area contributed by atoms with E-state index in [4.69, 9.17) is 4.42 Å². The van der Waals surface area contributed by atoms with Gasteiger partial charge in [0.25, 0.3) is 5.91 Å². The van der Waals surface area contributed by atoms with Crippen molar-refractivity contribution in [2.75, 3.05) is 0 Å². The zero-order chi connectivity index (χ0) is 12.3. The fourth-order valence-electron chi connectivity index (χ4n) is 1.36. The van der Waals surface area contributed by atoms with Crippen molar-refractivity contribution in [3.63, 3.8) is 0 Å². The maximum atomic E-state index is 13.2. The number of hydrogen-bond acceptors (Lipinski definition) is 2. The highest BCUT2D eigenvalue weighted by Gasteiger charge is 2.12. The number of carbonyl (C=O) groups is 1. The molecule has 0 fully saturated rings. The number of halogens is 2. The third-order valence-corrected chi connectivity index (χ3v) is 2.23. The van der Waals surface area contributed by atoms with Crippen molar-refractivity contribution >= 4 is 5.91 Å². The minimum atomic E-state index is -0.690. The summed E-state index contributed by atoms with van der Waals surface area (Å²) in [6, 6.07) is 6.56. The van der Waals surface area contributed by atoms with E-state index in [0.29, 0.717) is 0 Å². The van der Waals surface area contributed by atoms with E-state index in [-0.39, 0.29) is 17.9 Å². The molecule has 1 heterocycles. The van der Waals surface area contributed by atoms with Crippen LogP contribution in [0.2, 0.25) is 0 Å². The predicted molar refractivity (Wildman–Crippen MR) is 56.2 cm³/mol. The van der Waals surface area contributed by atoms with Crippen molar-refractivity contribution in [2.45, 2.75) is 6.54 Å². The van der Waals surface area contributed by atoms with E-state index in [1.807, 2.05) is 0 Å². The van der Waals surface area contributed by atoms with Gasteiger partial charge in [-0.1, -0.05) is 6.07 Å². The molecule has 0 bridgehead atoms. The van der Waals surface area contributed by atoms with Crippen LogP contribution in [0.3, 0.4) is 0 Å². The van der Waals surface area contributed by atoms with Gasteiger partial charge >= 0.3 is 0 Å². The Morgan fingerprint density at radius 1 is 1.18 bits per heavy atom. The molecule has 1 aromatic heterocycles. The number of hydrogen-bond donors (Lipinski definition) is 1. The summed E-state index contributed by atoms with van der Waals surface area (Å²) < 4.78 is 31.3. The van der Waals surface area contributed by atoms with Crippen LogP contribution in [0.25, 0.3) is 0 Å². The van der Waals surface area contributed by atoms with Gasteiger partial charge in [0.05, 0.1) is 6.26 Å². The number of rotatable bonds is 3. The van der Waals surface area contributed by atoms with Crippen LogP contribution < -0.4 is 5.32 Å². The average molecular weight is 237 g/mol. The Balaban J connectivity index is 2.06. The number of furan rings is 1. The molecule has 2 aromatic rings. The molecule has 2 rings (SSSR count). The molecule has 0 aliphatic carbocycles. The van der Waals surface area contributed by atoms with Crippen molar-refractivity contribution in [3.05, 3.63) is 59.6 Å². The van der Waals surface area contributed by atoms with Crippen LogP contribution in [0.1, 0.15) is 16.1 Å². The molecule has 5 heteroatoms. The van der Waals surface area contributed by atoms with Crippen LogP contribution in [0.5, 0.6) is 0 Å². The lowest BCUT2D eigenvalue weighted by Crippen LogP contribution is -2.23. The number of benzene rings is 1. The van der Waals surface area contributed by atoms with Crippen LogP contribution in [0, 0.1) is 11.6 Å². The van der Waals surface area contributed by atoms with Gasteiger partial charge in [0, 0.05) is 12.1 Å². The van der Waals surface area contributed by atoms with Gasteiger partial charge in [-0.15, -0.1) is 0 Å². The molecule has 88 valence electrons. The molecule has 0 atom stereocenters. The summed E-state index contributed by atoms with van der Waals surface area (Å²) in [4.78, 5) is 11.5. The van der Waals surface area contributed by atoms with E-state index >= 15 is 0 Å². The first kappa shape index (κ1) is 11.3. The Hall–Kier alpha value is -2.17. The van der Waals surface area contributed by atoms with E-state index in [0.717, 1.165) is 12.1 Å². The summed E-state index contributed by atoms with van der Waals surface area (Å²) >= 11 is 0. The minimum Gasteiger partial charge on any atom is -0.459 e. The largest absolute Gasteiger partial charge is 0.459 e. The van der Waals surface area contributed by atoms with Crippen LogP contribution in [0.4, 0.5) is 8.78 Å². The Kier molecular flexibility index (Phi) is 3.18. The lowest BCUT2D eigenvalue weighted by molar-refractivity contribution is 0.0922. The maximum absolute atomic E-state index is 13.2. The molecule has 0 saturated carbocycles. The van der Waals surface area contributed by atoms with Gasteiger partial charge in [-0.05, 0) is 24.3 Å². The summed E-state index contributed by atoms with van der Waals surface area (Å²) in [6.07, 6.45) is 1.35. The normalized spacial score (nSPS) is 10.2. The highest BCUT2D eigenvalue weighted by atomic mass is 19.1. The Morgan fingerprint density at radius 2 is 1.88 bits per heavy atom. The van der Waals surface area contributed by atoms with E-state index < -0.39 is 17.5 Å². The molecule has 0 aliphatic heterocycles. The monoisotopic (exact) mass is 237 g/mol.